The van der Waals surface area contributed by atoms with E-state index in [0.717, 1.165) is 58.2 Å². The Balaban J connectivity index is 4.74. The van der Waals surface area contributed by atoms with Crippen LogP contribution < -0.4 is 0 Å². The SMILES string of the molecule is CCCOCCC[Si](C)(C)OC(C)[Si](C)(C)O[C@@](C)(P)[Si](C)(C)CCCOCCC. The zero-order chi connectivity index (χ0) is 23.5. The van der Waals surface area contributed by atoms with E-state index in [4.69, 9.17) is 18.3 Å². The summed E-state index contributed by atoms with van der Waals surface area (Å²) in [7, 11) is -2.28. The van der Waals surface area contributed by atoms with Gasteiger partial charge in [-0.3, -0.25) is 0 Å². The molecule has 0 heterocycles. The van der Waals surface area contributed by atoms with Crippen molar-refractivity contribution in [2.75, 3.05) is 26.4 Å². The van der Waals surface area contributed by atoms with Gasteiger partial charge in [-0.2, -0.15) is 0 Å². The van der Waals surface area contributed by atoms with Gasteiger partial charge in [-0.25, -0.2) is 0 Å². The first-order chi connectivity index (χ1) is 13.7. The van der Waals surface area contributed by atoms with Crippen LogP contribution >= 0.6 is 9.24 Å². The zero-order valence-electron chi connectivity index (χ0n) is 21.9. The van der Waals surface area contributed by atoms with Gasteiger partial charge >= 0.3 is 0 Å². The molecule has 0 aromatic rings. The molecule has 0 saturated heterocycles. The van der Waals surface area contributed by atoms with E-state index in [-0.39, 0.29) is 10.7 Å². The molecular weight excluding hydrogens is 443 g/mol. The Morgan fingerprint density at radius 1 is 0.800 bits per heavy atom. The van der Waals surface area contributed by atoms with E-state index in [1.807, 2.05) is 0 Å². The van der Waals surface area contributed by atoms with Crippen molar-refractivity contribution in [2.45, 2.75) is 115 Å². The maximum atomic E-state index is 6.93. The molecule has 0 radical (unpaired) electrons. The van der Waals surface area contributed by atoms with Crippen LogP contribution in [0.15, 0.2) is 0 Å². The highest BCUT2D eigenvalue weighted by atomic mass is 31.0. The van der Waals surface area contributed by atoms with E-state index in [0.29, 0.717) is 0 Å². The van der Waals surface area contributed by atoms with Crippen molar-refractivity contribution in [3.63, 3.8) is 0 Å². The highest BCUT2D eigenvalue weighted by Gasteiger charge is 2.46. The molecule has 0 aliphatic carbocycles. The second-order valence-electron chi connectivity index (χ2n) is 10.6. The third kappa shape index (κ3) is 12.2. The minimum Gasteiger partial charge on any atom is -0.415 e. The van der Waals surface area contributed by atoms with Crippen molar-refractivity contribution in [2.24, 2.45) is 0 Å². The highest BCUT2D eigenvalue weighted by Crippen LogP contribution is 2.39. The molecule has 4 nitrogen and oxygen atoms in total. The molecule has 2 unspecified atom stereocenters. The number of hydrogen-bond acceptors (Lipinski definition) is 4. The van der Waals surface area contributed by atoms with Crippen LogP contribution in [0.3, 0.4) is 0 Å². The lowest BCUT2D eigenvalue weighted by atomic mass is 10.5. The number of ether oxygens (including phenoxy) is 2. The monoisotopic (exact) mass is 496 g/mol. The molecule has 0 aliphatic heterocycles. The summed E-state index contributed by atoms with van der Waals surface area (Å²) in [6.07, 6.45) is 4.40. The third-order valence-electron chi connectivity index (χ3n) is 6.15. The predicted octanol–water partition coefficient (Wildman–Crippen LogP) is 6.83. The molecule has 0 aromatic heterocycles. The number of hydrogen-bond donors (Lipinski definition) is 0. The summed E-state index contributed by atoms with van der Waals surface area (Å²) in [5.74, 6) is 0. The van der Waals surface area contributed by atoms with Gasteiger partial charge in [0.1, 0.15) is 0 Å². The quantitative estimate of drug-likeness (QED) is 0.118. The minimum atomic E-state index is -2.02. The molecule has 0 N–H and O–H groups in total. The lowest BCUT2D eigenvalue weighted by Crippen LogP contribution is -2.59. The fraction of sp³-hybridized carbons (Fsp3) is 1.00. The fourth-order valence-corrected chi connectivity index (χ4v) is 13.6. The van der Waals surface area contributed by atoms with Gasteiger partial charge in [0.25, 0.3) is 0 Å². The lowest BCUT2D eigenvalue weighted by Gasteiger charge is -2.47. The van der Waals surface area contributed by atoms with Gasteiger partial charge in [0.15, 0.2) is 8.32 Å². The maximum Gasteiger partial charge on any atom is 0.214 e. The Hall–Kier alpha value is 0.921. The van der Waals surface area contributed by atoms with Gasteiger partial charge in [-0.15, -0.1) is 9.24 Å². The van der Waals surface area contributed by atoms with Crippen LogP contribution in [0.4, 0.5) is 0 Å². The molecule has 3 atom stereocenters. The van der Waals surface area contributed by atoms with Crippen molar-refractivity contribution in [3.8, 4) is 0 Å². The first-order valence-corrected chi connectivity index (χ1v) is 21.9. The van der Waals surface area contributed by atoms with Gasteiger partial charge in [0.05, 0.1) is 18.8 Å². The summed E-state index contributed by atoms with van der Waals surface area (Å²) in [5.41, 5.74) is 0.188. The Labute approximate surface area is 194 Å². The predicted molar refractivity (Wildman–Crippen MR) is 143 cm³/mol. The summed E-state index contributed by atoms with van der Waals surface area (Å²) in [6.45, 7) is 26.5. The van der Waals surface area contributed by atoms with Crippen LogP contribution in [0, 0.1) is 0 Å². The third-order valence-corrected chi connectivity index (χ3v) is 19.3. The topological polar surface area (TPSA) is 36.9 Å². The Morgan fingerprint density at radius 3 is 1.73 bits per heavy atom. The molecule has 0 bridgehead atoms. The molecule has 0 aromatic carbocycles. The highest BCUT2D eigenvalue weighted by molar-refractivity contribution is 7.26. The maximum absolute atomic E-state index is 6.93. The van der Waals surface area contributed by atoms with E-state index >= 15 is 0 Å². The Bertz CT molecular complexity index is 460. The van der Waals surface area contributed by atoms with E-state index in [1.54, 1.807) is 0 Å². The summed E-state index contributed by atoms with van der Waals surface area (Å²) in [4.78, 5) is -0.148. The van der Waals surface area contributed by atoms with Gasteiger partial charge in [0, 0.05) is 26.4 Å². The van der Waals surface area contributed by atoms with Crippen LogP contribution in [0.5, 0.6) is 0 Å². The van der Waals surface area contributed by atoms with Crippen molar-refractivity contribution in [3.05, 3.63) is 0 Å². The molecule has 0 rings (SSSR count). The van der Waals surface area contributed by atoms with Crippen molar-refractivity contribution in [1.29, 1.82) is 0 Å². The van der Waals surface area contributed by atoms with Crippen LogP contribution in [0.1, 0.15) is 53.4 Å². The van der Waals surface area contributed by atoms with E-state index in [2.05, 4.69) is 76.2 Å². The molecule has 30 heavy (non-hydrogen) atoms. The molecule has 0 fully saturated rings. The smallest absolute Gasteiger partial charge is 0.214 e. The molecule has 0 saturated carbocycles. The second-order valence-corrected chi connectivity index (χ2v) is 26.1. The molecule has 8 heteroatoms. The summed E-state index contributed by atoms with van der Waals surface area (Å²) < 4.78 is 25.0. The van der Waals surface area contributed by atoms with Crippen LogP contribution in [0.25, 0.3) is 0 Å². The first-order valence-electron chi connectivity index (χ1n) is 12.0. The molecule has 0 aliphatic rings. The molecule has 0 amide bonds. The average molecular weight is 497 g/mol. The summed E-state index contributed by atoms with van der Waals surface area (Å²) >= 11 is 0. The number of rotatable bonds is 18. The Morgan fingerprint density at radius 2 is 1.27 bits per heavy atom. The second kappa shape index (κ2) is 14.2. The molecule has 0 spiro atoms. The van der Waals surface area contributed by atoms with Crippen LogP contribution in [-0.4, -0.2) is 61.8 Å². The van der Waals surface area contributed by atoms with Gasteiger partial charge in [-0.1, -0.05) is 33.0 Å². The standard InChI is InChI=1S/C22H53O4PSi3/c1-11-15-23-17-13-19-28(5,6)22(4,27)26-30(9,10)21(3)25-29(7,8)20-14-18-24-16-12-2/h21H,11-20,27H2,1-10H3/t21?,22-/m0/s1. The average Bonchev–Trinajstić information content (AvgIpc) is 2.59. The van der Waals surface area contributed by atoms with E-state index < -0.39 is 24.7 Å². The Kier molecular flexibility index (Phi) is 14.7. The van der Waals surface area contributed by atoms with E-state index in [9.17, 15) is 0 Å². The van der Waals surface area contributed by atoms with Crippen molar-refractivity contribution < 1.29 is 18.3 Å². The van der Waals surface area contributed by atoms with Crippen molar-refractivity contribution >= 4 is 33.9 Å². The molecular formula is C22H53O4PSi3. The van der Waals surface area contributed by atoms with Gasteiger partial charge < -0.3 is 18.3 Å². The van der Waals surface area contributed by atoms with Gasteiger partial charge in [0.2, 0.25) is 8.32 Å². The fourth-order valence-electron chi connectivity index (χ4n) is 3.40. The summed E-state index contributed by atoms with van der Waals surface area (Å²) in [6, 6.07) is 2.36. The molecule has 182 valence electrons. The van der Waals surface area contributed by atoms with Crippen LogP contribution in [-0.2, 0) is 18.3 Å². The lowest BCUT2D eigenvalue weighted by molar-refractivity contribution is 0.133. The minimum absolute atomic E-state index is 0.148. The van der Waals surface area contributed by atoms with E-state index in [1.165, 1.54) is 6.04 Å². The zero-order valence-corrected chi connectivity index (χ0v) is 26.0. The first kappa shape index (κ1) is 30.9. The van der Waals surface area contributed by atoms with Gasteiger partial charge in [-0.05, 0) is 71.8 Å². The normalized spacial score (nSPS) is 16.5. The summed E-state index contributed by atoms with van der Waals surface area (Å²) in [5, 5.41) is 0. The van der Waals surface area contributed by atoms with Crippen molar-refractivity contribution in [1.82, 2.24) is 0 Å². The van der Waals surface area contributed by atoms with Crippen LogP contribution in [0.2, 0.25) is 51.4 Å². The largest absolute Gasteiger partial charge is 0.415 e.